The lowest BCUT2D eigenvalue weighted by Crippen LogP contribution is -1.91. The zero-order chi connectivity index (χ0) is 18.5. The number of benzene rings is 4. The van der Waals surface area contributed by atoms with Crippen LogP contribution >= 0.6 is 0 Å². The van der Waals surface area contributed by atoms with Crippen LogP contribution in [0.25, 0.3) is 22.3 Å². The zero-order valence-electron chi connectivity index (χ0n) is 14.8. The maximum Gasteiger partial charge on any atom is 0.116 e. The highest BCUT2D eigenvalue weighted by molar-refractivity contribution is 5.84. The lowest BCUT2D eigenvalue weighted by atomic mass is 9.91. The number of aromatic hydroxyl groups is 1. The van der Waals surface area contributed by atoms with Gasteiger partial charge in [0.1, 0.15) is 5.75 Å². The third kappa shape index (κ3) is 3.76. The molecule has 0 heterocycles. The zero-order valence-corrected chi connectivity index (χ0v) is 14.8. The first-order chi connectivity index (χ1) is 13.3. The molecule has 0 bridgehead atoms. The fourth-order valence-electron chi connectivity index (χ4n) is 3.11. The van der Waals surface area contributed by atoms with Crippen molar-refractivity contribution in [2.24, 2.45) is 0 Å². The second-order valence-corrected chi connectivity index (χ2v) is 6.26. The molecule has 0 aliphatic heterocycles. The Labute approximate surface area is 159 Å². The van der Waals surface area contributed by atoms with Gasteiger partial charge in [-0.2, -0.15) is 0 Å². The summed E-state index contributed by atoms with van der Waals surface area (Å²) < 4.78 is 0. The molecule has 0 amide bonds. The van der Waals surface area contributed by atoms with Crippen molar-refractivity contribution in [3.05, 3.63) is 114 Å². The van der Waals surface area contributed by atoms with E-state index < -0.39 is 0 Å². The van der Waals surface area contributed by atoms with Crippen LogP contribution < -0.4 is 0 Å². The predicted octanol–water partition coefficient (Wildman–Crippen LogP) is 6.13. The number of hydrogen-bond acceptors (Lipinski definition) is 1. The highest BCUT2D eigenvalue weighted by Crippen LogP contribution is 2.35. The van der Waals surface area contributed by atoms with Crippen LogP contribution in [-0.2, 0) is 0 Å². The topological polar surface area (TPSA) is 20.2 Å². The van der Waals surface area contributed by atoms with Crippen molar-refractivity contribution in [3.63, 3.8) is 0 Å². The van der Waals surface area contributed by atoms with E-state index in [1.165, 1.54) is 0 Å². The van der Waals surface area contributed by atoms with Crippen molar-refractivity contribution < 1.29 is 5.11 Å². The molecule has 4 aromatic rings. The van der Waals surface area contributed by atoms with Gasteiger partial charge in [-0.15, -0.1) is 0 Å². The summed E-state index contributed by atoms with van der Waals surface area (Å²) in [6.45, 7) is 0. The maximum absolute atomic E-state index is 10.4. The number of rotatable bonds is 2. The second kappa shape index (κ2) is 7.64. The molecular formula is C26H18O. The molecule has 4 aromatic carbocycles. The van der Waals surface area contributed by atoms with Gasteiger partial charge in [0.25, 0.3) is 0 Å². The number of hydrogen-bond donors (Lipinski definition) is 1. The molecule has 1 N–H and O–H groups in total. The van der Waals surface area contributed by atoms with E-state index in [0.29, 0.717) is 0 Å². The molecule has 0 radical (unpaired) electrons. The van der Waals surface area contributed by atoms with E-state index in [2.05, 4.69) is 11.8 Å². The first-order valence-electron chi connectivity index (χ1n) is 8.86. The van der Waals surface area contributed by atoms with Gasteiger partial charge in [0.2, 0.25) is 0 Å². The average Bonchev–Trinajstić information content (AvgIpc) is 2.74. The van der Waals surface area contributed by atoms with Crippen LogP contribution in [0.2, 0.25) is 0 Å². The molecule has 0 spiro atoms. The van der Waals surface area contributed by atoms with Gasteiger partial charge < -0.3 is 5.11 Å². The molecule has 0 saturated carbocycles. The lowest BCUT2D eigenvalue weighted by Gasteiger charge is -2.12. The van der Waals surface area contributed by atoms with Crippen LogP contribution in [0.15, 0.2) is 103 Å². The second-order valence-electron chi connectivity index (χ2n) is 6.26. The Morgan fingerprint density at radius 3 is 1.44 bits per heavy atom. The fourth-order valence-corrected chi connectivity index (χ4v) is 3.11. The minimum Gasteiger partial charge on any atom is -0.508 e. The van der Waals surface area contributed by atoms with Crippen LogP contribution in [0.5, 0.6) is 5.75 Å². The van der Waals surface area contributed by atoms with E-state index in [9.17, 15) is 5.11 Å². The van der Waals surface area contributed by atoms with Crippen LogP contribution in [0, 0.1) is 11.8 Å². The molecule has 0 unspecified atom stereocenters. The predicted molar refractivity (Wildman–Crippen MR) is 111 cm³/mol. The Bertz CT molecular complexity index is 1040. The first kappa shape index (κ1) is 16.7. The summed E-state index contributed by atoms with van der Waals surface area (Å²) >= 11 is 0. The Hall–Kier alpha value is -3.76. The average molecular weight is 346 g/mol. The third-order valence-electron chi connectivity index (χ3n) is 4.40. The Balaban J connectivity index is 1.97. The van der Waals surface area contributed by atoms with E-state index in [4.69, 9.17) is 0 Å². The van der Waals surface area contributed by atoms with Crippen LogP contribution in [0.1, 0.15) is 11.1 Å². The molecule has 1 heteroatoms. The van der Waals surface area contributed by atoms with Gasteiger partial charge in [0.15, 0.2) is 0 Å². The first-order valence-corrected chi connectivity index (χ1v) is 8.86. The summed E-state index contributed by atoms with van der Waals surface area (Å²) in [5.41, 5.74) is 5.79. The van der Waals surface area contributed by atoms with Crippen LogP contribution in [0.3, 0.4) is 0 Å². The molecule has 0 saturated heterocycles. The van der Waals surface area contributed by atoms with Crippen LogP contribution in [-0.4, -0.2) is 5.11 Å². The minimum atomic E-state index is 0.234. The van der Waals surface area contributed by atoms with Crippen molar-refractivity contribution in [3.8, 4) is 39.8 Å². The van der Waals surface area contributed by atoms with Crippen molar-refractivity contribution >= 4 is 0 Å². The highest BCUT2D eigenvalue weighted by atomic mass is 16.3. The summed E-state index contributed by atoms with van der Waals surface area (Å²) in [6, 6.07) is 33.6. The van der Waals surface area contributed by atoms with Crippen molar-refractivity contribution in [1.82, 2.24) is 0 Å². The van der Waals surface area contributed by atoms with E-state index in [-0.39, 0.29) is 5.75 Å². The van der Waals surface area contributed by atoms with E-state index in [0.717, 1.165) is 33.4 Å². The lowest BCUT2D eigenvalue weighted by molar-refractivity contribution is 0.476. The summed E-state index contributed by atoms with van der Waals surface area (Å²) in [7, 11) is 0. The third-order valence-corrected chi connectivity index (χ3v) is 4.40. The Morgan fingerprint density at radius 2 is 0.963 bits per heavy atom. The fraction of sp³-hybridized carbons (Fsp3) is 0. The van der Waals surface area contributed by atoms with E-state index >= 15 is 0 Å². The molecule has 0 aliphatic rings. The normalized spacial score (nSPS) is 10.1. The maximum atomic E-state index is 10.4. The number of phenolic OH excluding ortho intramolecular Hbond substituents is 1. The molecule has 1 nitrogen and oxygen atoms in total. The van der Waals surface area contributed by atoms with Crippen LogP contribution in [0.4, 0.5) is 0 Å². The van der Waals surface area contributed by atoms with Gasteiger partial charge >= 0.3 is 0 Å². The minimum absolute atomic E-state index is 0.234. The Morgan fingerprint density at radius 1 is 0.519 bits per heavy atom. The van der Waals surface area contributed by atoms with Gasteiger partial charge in [-0.25, -0.2) is 0 Å². The standard InChI is InChI=1S/C26H18O/c27-23-18-25(21-12-6-2-7-13-21)24(17-16-20-10-4-1-5-11-20)26(19-23)22-14-8-3-9-15-22/h1-15,18-19,27H. The van der Waals surface area contributed by atoms with Gasteiger partial charge in [0.05, 0.1) is 0 Å². The largest absolute Gasteiger partial charge is 0.508 e. The van der Waals surface area contributed by atoms with Crippen molar-refractivity contribution in [2.75, 3.05) is 0 Å². The summed E-state index contributed by atoms with van der Waals surface area (Å²) in [5, 5.41) is 10.4. The van der Waals surface area contributed by atoms with Gasteiger partial charge in [-0.3, -0.25) is 0 Å². The molecule has 0 aromatic heterocycles. The number of phenols is 1. The smallest absolute Gasteiger partial charge is 0.116 e. The van der Waals surface area contributed by atoms with E-state index in [1.54, 1.807) is 12.1 Å². The monoisotopic (exact) mass is 346 g/mol. The quantitative estimate of drug-likeness (QED) is 0.433. The molecule has 0 aliphatic carbocycles. The SMILES string of the molecule is Oc1cc(-c2ccccc2)c(C#Cc2ccccc2)c(-c2ccccc2)c1. The van der Waals surface area contributed by atoms with Gasteiger partial charge in [-0.05, 0) is 35.4 Å². The molecule has 4 rings (SSSR count). The molecule has 0 fully saturated rings. The van der Waals surface area contributed by atoms with Gasteiger partial charge in [-0.1, -0.05) is 90.7 Å². The summed E-state index contributed by atoms with van der Waals surface area (Å²) in [5.74, 6) is 6.86. The molecule has 27 heavy (non-hydrogen) atoms. The summed E-state index contributed by atoms with van der Waals surface area (Å²) in [4.78, 5) is 0. The van der Waals surface area contributed by atoms with E-state index in [1.807, 2.05) is 91.0 Å². The van der Waals surface area contributed by atoms with Crippen molar-refractivity contribution in [1.29, 1.82) is 0 Å². The molecule has 0 atom stereocenters. The van der Waals surface area contributed by atoms with Gasteiger partial charge in [0, 0.05) is 22.3 Å². The molecular weight excluding hydrogens is 328 g/mol. The highest BCUT2D eigenvalue weighted by Gasteiger charge is 2.12. The summed E-state index contributed by atoms with van der Waals surface area (Å²) in [6.07, 6.45) is 0. The molecule has 128 valence electrons. The van der Waals surface area contributed by atoms with Crippen molar-refractivity contribution in [2.45, 2.75) is 0 Å². The Kier molecular flexibility index (Phi) is 4.72.